The quantitative estimate of drug-likeness (QED) is 0.778. The van der Waals surface area contributed by atoms with Gasteiger partial charge in [0.15, 0.2) is 0 Å². The van der Waals surface area contributed by atoms with Crippen LogP contribution in [0.4, 0.5) is 10.5 Å². The number of morpholine rings is 1. The summed E-state index contributed by atoms with van der Waals surface area (Å²) in [4.78, 5) is 18.5. The maximum absolute atomic E-state index is 13.2. The Balaban J connectivity index is 1.35. The van der Waals surface area contributed by atoms with Crippen molar-refractivity contribution in [2.24, 2.45) is 0 Å². The first-order chi connectivity index (χ1) is 14.4. The van der Waals surface area contributed by atoms with Crippen molar-refractivity contribution in [2.75, 3.05) is 25.0 Å². The highest BCUT2D eigenvalue weighted by Gasteiger charge is 2.65. The van der Waals surface area contributed by atoms with Crippen LogP contribution in [0.25, 0.3) is 0 Å². The third kappa shape index (κ3) is 3.35. The highest BCUT2D eigenvalue weighted by Crippen LogP contribution is 2.47. The number of sulfonamides is 1. The van der Waals surface area contributed by atoms with Crippen LogP contribution in [-0.2, 0) is 21.3 Å². The molecule has 0 saturated carbocycles. The minimum atomic E-state index is -3.53. The van der Waals surface area contributed by atoms with Crippen molar-refractivity contribution >= 4 is 33.3 Å². The van der Waals surface area contributed by atoms with Gasteiger partial charge in [-0.3, -0.25) is 4.98 Å². The molecule has 2 amide bonds. The van der Waals surface area contributed by atoms with Crippen LogP contribution in [0, 0.1) is 0 Å². The van der Waals surface area contributed by atoms with Gasteiger partial charge in [-0.25, -0.2) is 13.2 Å². The molecule has 30 heavy (non-hydrogen) atoms. The van der Waals surface area contributed by atoms with E-state index in [1.807, 2.05) is 0 Å². The summed E-state index contributed by atoms with van der Waals surface area (Å²) in [5, 5.41) is 2.74. The Morgan fingerprint density at radius 1 is 1.27 bits per heavy atom. The number of anilines is 1. The molecule has 2 aromatic rings. The molecule has 4 heterocycles. The number of hydrogen-bond donors (Lipinski definition) is 1. The van der Waals surface area contributed by atoms with Gasteiger partial charge in [-0.1, -0.05) is 17.7 Å². The Morgan fingerprint density at radius 3 is 2.83 bits per heavy atom. The van der Waals surface area contributed by atoms with Gasteiger partial charge in [-0.2, -0.15) is 4.31 Å². The normalized spacial score (nSPS) is 29.6. The average Bonchev–Trinajstić information content (AvgIpc) is 3.08. The molecule has 0 unspecified atom stereocenters. The van der Waals surface area contributed by atoms with E-state index in [1.165, 1.54) is 4.31 Å². The van der Waals surface area contributed by atoms with Crippen LogP contribution >= 0.6 is 11.6 Å². The zero-order chi connectivity index (χ0) is 20.9. The SMILES string of the molecule is O=C(Nc1cccc(Cl)c1)N1C[C@H]2C[C@H]3[C@](C1)(CN(Cc1ccncc1)S3(=O)=O)O2. The lowest BCUT2D eigenvalue weighted by Gasteiger charge is -2.39. The Labute approximate surface area is 179 Å². The number of carbonyl (C=O) groups is 1. The molecule has 1 spiro atoms. The molecule has 5 rings (SSSR count). The van der Waals surface area contributed by atoms with E-state index in [0.29, 0.717) is 23.7 Å². The van der Waals surface area contributed by atoms with Crippen LogP contribution in [0.15, 0.2) is 48.8 Å². The van der Waals surface area contributed by atoms with E-state index < -0.39 is 20.9 Å². The van der Waals surface area contributed by atoms with Crippen molar-refractivity contribution in [1.82, 2.24) is 14.2 Å². The maximum atomic E-state index is 13.2. The Bertz CT molecular complexity index is 1080. The molecule has 3 saturated heterocycles. The van der Waals surface area contributed by atoms with Gasteiger partial charge in [0.05, 0.1) is 12.6 Å². The summed E-state index contributed by atoms with van der Waals surface area (Å²) in [5.74, 6) is 0. The van der Waals surface area contributed by atoms with Gasteiger partial charge in [-0.15, -0.1) is 0 Å². The molecule has 3 aliphatic heterocycles. The molecule has 10 heteroatoms. The third-order valence-corrected chi connectivity index (χ3v) is 8.54. The molecule has 2 bridgehead atoms. The summed E-state index contributed by atoms with van der Waals surface area (Å²) in [6, 6.07) is 10.2. The second kappa shape index (κ2) is 7.19. The Kier molecular flexibility index (Phi) is 4.73. The van der Waals surface area contributed by atoms with Gasteiger partial charge >= 0.3 is 6.03 Å². The van der Waals surface area contributed by atoms with E-state index >= 15 is 0 Å². The van der Waals surface area contributed by atoms with Crippen LogP contribution in [0.2, 0.25) is 5.02 Å². The number of benzene rings is 1. The number of amides is 2. The maximum Gasteiger partial charge on any atom is 0.322 e. The molecule has 3 fully saturated rings. The second-order valence-electron chi connectivity index (χ2n) is 8.02. The van der Waals surface area contributed by atoms with Gasteiger partial charge in [0.2, 0.25) is 10.0 Å². The van der Waals surface area contributed by atoms with Crippen molar-refractivity contribution in [3.05, 3.63) is 59.4 Å². The van der Waals surface area contributed by atoms with Gasteiger partial charge in [0.1, 0.15) is 10.9 Å². The summed E-state index contributed by atoms with van der Waals surface area (Å²) in [6.45, 7) is 1.10. The predicted molar refractivity (Wildman–Crippen MR) is 112 cm³/mol. The van der Waals surface area contributed by atoms with E-state index in [1.54, 1.807) is 53.7 Å². The molecule has 0 aliphatic carbocycles. The third-order valence-electron chi connectivity index (χ3n) is 5.98. The summed E-state index contributed by atoms with van der Waals surface area (Å²) in [6.07, 6.45) is 3.40. The van der Waals surface area contributed by atoms with Crippen molar-refractivity contribution in [2.45, 2.75) is 29.9 Å². The molecular weight excluding hydrogens is 428 g/mol. The van der Waals surface area contributed by atoms with Crippen LogP contribution in [0.3, 0.4) is 0 Å². The number of fused-ring (bicyclic) bond motifs is 1. The Morgan fingerprint density at radius 2 is 2.07 bits per heavy atom. The number of carbonyl (C=O) groups excluding carboxylic acids is 1. The number of aromatic nitrogens is 1. The van der Waals surface area contributed by atoms with Gasteiger partial charge in [0, 0.05) is 42.7 Å². The van der Waals surface area contributed by atoms with E-state index in [0.717, 1.165) is 5.56 Å². The van der Waals surface area contributed by atoms with Crippen LogP contribution in [0.5, 0.6) is 0 Å². The number of nitrogens with one attached hydrogen (secondary N) is 1. The monoisotopic (exact) mass is 448 g/mol. The first-order valence-corrected chi connectivity index (χ1v) is 11.6. The van der Waals surface area contributed by atoms with Crippen molar-refractivity contribution in [3.63, 3.8) is 0 Å². The first-order valence-electron chi connectivity index (χ1n) is 9.73. The fraction of sp³-hybridized carbons (Fsp3) is 0.400. The Hall–Kier alpha value is -2.20. The second-order valence-corrected chi connectivity index (χ2v) is 10.6. The molecule has 3 aliphatic rings. The largest absolute Gasteiger partial charge is 0.365 e. The molecule has 1 aromatic heterocycles. The summed E-state index contributed by atoms with van der Waals surface area (Å²) in [5.41, 5.74) is 0.562. The fourth-order valence-electron chi connectivity index (χ4n) is 4.71. The van der Waals surface area contributed by atoms with Crippen molar-refractivity contribution < 1.29 is 17.9 Å². The number of likely N-dealkylation sites (tertiary alicyclic amines) is 1. The van der Waals surface area contributed by atoms with Crippen LogP contribution in [-0.4, -0.2) is 65.2 Å². The molecule has 0 radical (unpaired) electrons. The van der Waals surface area contributed by atoms with Crippen molar-refractivity contribution in [1.29, 1.82) is 0 Å². The van der Waals surface area contributed by atoms with Gasteiger partial charge < -0.3 is 15.0 Å². The zero-order valence-electron chi connectivity index (χ0n) is 16.1. The molecule has 3 atom stereocenters. The fourth-order valence-corrected chi connectivity index (χ4v) is 7.19. The van der Waals surface area contributed by atoms with Gasteiger partial charge in [0.25, 0.3) is 0 Å². The number of pyridine rings is 1. The standard InChI is InChI=1S/C20H21ClN4O4S/c21-15-2-1-3-16(8-15)23-19(26)24-11-17-9-18-20(12-24,29-17)13-25(30(18,27)28)10-14-4-6-22-7-5-14/h1-8,17-18H,9-13H2,(H,23,26)/t17-,18+,20+/m1/s1. The van der Waals surface area contributed by atoms with Gasteiger partial charge in [-0.05, 0) is 42.3 Å². The number of urea groups is 1. The lowest BCUT2D eigenvalue weighted by Crippen LogP contribution is -2.57. The predicted octanol–water partition coefficient (Wildman–Crippen LogP) is 2.32. The number of nitrogens with zero attached hydrogens (tertiary/aromatic N) is 3. The van der Waals surface area contributed by atoms with Crippen LogP contribution < -0.4 is 5.32 Å². The lowest BCUT2D eigenvalue weighted by atomic mass is 9.99. The minimum absolute atomic E-state index is 0.229. The van der Waals surface area contributed by atoms with E-state index in [-0.39, 0.29) is 31.8 Å². The molecule has 1 aromatic carbocycles. The van der Waals surface area contributed by atoms with E-state index in [2.05, 4.69) is 10.3 Å². The lowest BCUT2D eigenvalue weighted by molar-refractivity contribution is -0.0946. The highest BCUT2D eigenvalue weighted by molar-refractivity contribution is 7.90. The van der Waals surface area contributed by atoms with E-state index in [9.17, 15) is 13.2 Å². The summed E-state index contributed by atoms with van der Waals surface area (Å²) >= 11 is 6.00. The van der Waals surface area contributed by atoms with Crippen molar-refractivity contribution in [3.8, 4) is 0 Å². The van der Waals surface area contributed by atoms with Crippen LogP contribution in [0.1, 0.15) is 12.0 Å². The summed E-state index contributed by atoms with van der Waals surface area (Å²) < 4.78 is 34.1. The first kappa shape index (κ1) is 19.7. The average molecular weight is 449 g/mol. The number of ether oxygens (including phenoxy) is 1. The smallest absolute Gasteiger partial charge is 0.322 e. The molecular formula is C20H21ClN4O4S. The highest BCUT2D eigenvalue weighted by atomic mass is 35.5. The zero-order valence-corrected chi connectivity index (χ0v) is 17.6. The molecule has 158 valence electrons. The van der Waals surface area contributed by atoms with E-state index in [4.69, 9.17) is 16.3 Å². The number of hydrogen-bond acceptors (Lipinski definition) is 5. The topological polar surface area (TPSA) is 91.8 Å². The molecule has 8 nitrogen and oxygen atoms in total. The summed E-state index contributed by atoms with van der Waals surface area (Å²) in [7, 11) is -3.53. The number of rotatable bonds is 3. The minimum Gasteiger partial charge on any atom is -0.365 e. The number of halogens is 1. The molecule has 1 N–H and O–H groups in total.